The van der Waals surface area contributed by atoms with E-state index in [0.29, 0.717) is 13.1 Å². The van der Waals surface area contributed by atoms with E-state index in [1.165, 1.54) is 5.57 Å². The number of carbonyl (C=O) groups is 1. The van der Waals surface area contributed by atoms with E-state index in [4.69, 9.17) is 4.74 Å². The van der Waals surface area contributed by atoms with Crippen molar-refractivity contribution in [2.45, 2.75) is 52.6 Å². The van der Waals surface area contributed by atoms with Crippen molar-refractivity contribution in [3.05, 3.63) is 36.5 Å². The number of piperidine rings is 1. The van der Waals surface area contributed by atoms with Crippen molar-refractivity contribution >= 4 is 6.09 Å². The smallest absolute Gasteiger partial charge is 0.410 e. The SMILES string of the molecule is C=C/C=C\C(=C/C)CC1(CO)CCN(C(=O)OC(C)(C)C)CC1. The molecule has 0 unspecified atom stereocenters. The van der Waals surface area contributed by atoms with Crippen molar-refractivity contribution in [2.24, 2.45) is 5.41 Å². The monoisotopic (exact) mass is 321 g/mol. The summed E-state index contributed by atoms with van der Waals surface area (Å²) in [5, 5.41) is 9.92. The second-order valence-corrected chi connectivity index (χ2v) is 7.26. The van der Waals surface area contributed by atoms with Crippen LogP contribution in [0.25, 0.3) is 0 Å². The minimum Gasteiger partial charge on any atom is -0.444 e. The van der Waals surface area contributed by atoms with Crippen molar-refractivity contribution in [1.82, 2.24) is 4.90 Å². The Hall–Kier alpha value is -1.55. The normalized spacial score (nSPS) is 19.0. The number of aliphatic hydroxyl groups is 1. The zero-order valence-electron chi connectivity index (χ0n) is 15.0. The number of hydrogen-bond donors (Lipinski definition) is 1. The Morgan fingerprint density at radius 3 is 2.39 bits per heavy atom. The van der Waals surface area contributed by atoms with Gasteiger partial charge in [0.2, 0.25) is 0 Å². The van der Waals surface area contributed by atoms with Gasteiger partial charge in [-0.15, -0.1) is 0 Å². The molecule has 23 heavy (non-hydrogen) atoms. The van der Waals surface area contributed by atoms with Crippen molar-refractivity contribution in [2.75, 3.05) is 19.7 Å². The van der Waals surface area contributed by atoms with E-state index in [1.54, 1.807) is 11.0 Å². The summed E-state index contributed by atoms with van der Waals surface area (Å²) in [5.74, 6) is 0. The lowest BCUT2D eigenvalue weighted by molar-refractivity contribution is 0.00000226. The van der Waals surface area contributed by atoms with Crippen LogP contribution in [0.1, 0.15) is 47.0 Å². The molecule has 4 heteroatoms. The molecule has 0 aromatic rings. The maximum absolute atomic E-state index is 12.1. The maximum Gasteiger partial charge on any atom is 0.410 e. The maximum atomic E-state index is 12.1. The van der Waals surface area contributed by atoms with Crippen LogP contribution in [0.15, 0.2) is 36.5 Å². The fraction of sp³-hybridized carbons (Fsp3) is 0.632. The van der Waals surface area contributed by atoms with Gasteiger partial charge in [-0.1, -0.05) is 36.5 Å². The molecule has 0 aliphatic carbocycles. The number of ether oxygens (including phenoxy) is 1. The molecular formula is C19H31NO3. The highest BCUT2D eigenvalue weighted by Crippen LogP contribution is 2.37. The Bertz CT molecular complexity index is 463. The third-order valence-electron chi connectivity index (χ3n) is 4.21. The van der Waals surface area contributed by atoms with Crippen molar-refractivity contribution in [3.8, 4) is 0 Å². The molecule has 1 N–H and O–H groups in total. The summed E-state index contributed by atoms with van der Waals surface area (Å²) >= 11 is 0. The molecule has 0 spiro atoms. The molecule has 1 rings (SSSR count). The first-order chi connectivity index (χ1) is 10.7. The molecule has 0 bridgehead atoms. The van der Waals surface area contributed by atoms with Crippen LogP contribution in [0, 0.1) is 5.41 Å². The predicted molar refractivity (Wildman–Crippen MR) is 94.3 cm³/mol. The van der Waals surface area contributed by atoms with Gasteiger partial charge in [0.05, 0.1) is 0 Å². The Balaban J connectivity index is 2.67. The average molecular weight is 321 g/mol. The molecule has 0 saturated carbocycles. The summed E-state index contributed by atoms with van der Waals surface area (Å²) in [5.41, 5.74) is 0.548. The first kappa shape index (κ1) is 19.5. The molecule has 1 heterocycles. The van der Waals surface area contributed by atoms with E-state index >= 15 is 0 Å². The Morgan fingerprint density at radius 2 is 1.96 bits per heavy atom. The molecule has 1 saturated heterocycles. The third-order valence-corrected chi connectivity index (χ3v) is 4.21. The number of allylic oxidation sites excluding steroid dienone is 5. The lowest BCUT2D eigenvalue weighted by Gasteiger charge is -2.41. The lowest BCUT2D eigenvalue weighted by atomic mass is 9.74. The average Bonchev–Trinajstić information content (AvgIpc) is 2.50. The zero-order valence-corrected chi connectivity index (χ0v) is 15.0. The molecule has 0 radical (unpaired) electrons. The van der Waals surface area contributed by atoms with E-state index in [2.05, 4.69) is 12.7 Å². The minimum atomic E-state index is -0.476. The molecule has 1 amide bonds. The Kier molecular flexibility index (Phi) is 7.07. The summed E-state index contributed by atoms with van der Waals surface area (Å²) in [6, 6.07) is 0. The summed E-state index contributed by atoms with van der Waals surface area (Å²) in [7, 11) is 0. The first-order valence-electron chi connectivity index (χ1n) is 8.28. The Labute approximate surface area is 140 Å². The highest BCUT2D eigenvalue weighted by molar-refractivity contribution is 5.68. The second kappa shape index (κ2) is 8.34. The van der Waals surface area contributed by atoms with Crippen LogP contribution in [0.3, 0.4) is 0 Å². The van der Waals surface area contributed by atoms with Gasteiger partial charge in [0.25, 0.3) is 0 Å². The number of carbonyl (C=O) groups excluding carboxylic acids is 1. The van der Waals surface area contributed by atoms with Crippen molar-refractivity contribution in [1.29, 1.82) is 0 Å². The minimum absolute atomic E-state index is 0.133. The van der Waals surface area contributed by atoms with Gasteiger partial charge in [-0.3, -0.25) is 0 Å². The van der Waals surface area contributed by atoms with Gasteiger partial charge in [-0.2, -0.15) is 0 Å². The van der Waals surface area contributed by atoms with Gasteiger partial charge in [0.1, 0.15) is 5.60 Å². The number of amides is 1. The van der Waals surface area contributed by atoms with Gasteiger partial charge in [-0.05, 0) is 47.0 Å². The lowest BCUT2D eigenvalue weighted by Crippen LogP contribution is -2.46. The standard InChI is InChI=1S/C19H31NO3/c1-6-8-9-16(7-2)14-19(15-21)10-12-20(13-11-19)17(22)23-18(3,4)5/h6-9,21H,1,10-15H2,2-5H3/b9-8-,16-7+. The number of nitrogens with zero attached hydrogens (tertiary/aromatic N) is 1. The summed E-state index contributed by atoms with van der Waals surface area (Å²) in [6.07, 6.45) is 9.87. The number of rotatable bonds is 5. The van der Waals surface area contributed by atoms with E-state index in [9.17, 15) is 9.90 Å². The van der Waals surface area contributed by atoms with Crippen LogP contribution in [0.2, 0.25) is 0 Å². The molecule has 0 aromatic heterocycles. The fourth-order valence-electron chi connectivity index (χ4n) is 2.76. The van der Waals surface area contributed by atoms with E-state index in [1.807, 2.05) is 39.8 Å². The van der Waals surface area contributed by atoms with Crippen LogP contribution in [0.4, 0.5) is 4.79 Å². The quantitative estimate of drug-likeness (QED) is 0.776. The highest BCUT2D eigenvalue weighted by Gasteiger charge is 2.36. The molecular weight excluding hydrogens is 290 g/mol. The van der Waals surface area contributed by atoms with Gasteiger partial charge < -0.3 is 14.7 Å². The molecule has 130 valence electrons. The van der Waals surface area contributed by atoms with E-state index in [0.717, 1.165) is 19.3 Å². The zero-order chi connectivity index (χ0) is 17.5. The summed E-state index contributed by atoms with van der Waals surface area (Å²) < 4.78 is 5.43. The van der Waals surface area contributed by atoms with E-state index < -0.39 is 5.60 Å². The number of likely N-dealkylation sites (tertiary alicyclic amines) is 1. The van der Waals surface area contributed by atoms with Crippen molar-refractivity contribution in [3.63, 3.8) is 0 Å². The molecule has 1 aliphatic heterocycles. The Morgan fingerprint density at radius 1 is 1.35 bits per heavy atom. The first-order valence-corrected chi connectivity index (χ1v) is 8.28. The van der Waals surface area contributed by atoms with Crippen molar-refractivity contribution < 1.29 is 14.6 Å². The highest BCUT2D eigenvalue weighted by atomic mass is 16.6. The van der Waals surface area contributed by atoms with Crippen LogP contribution >= 0.6 is 0 Å². The van der Waals surface area contributed by atoms with Gasteiger partial charge in [-0.25, -0.2) is 4.79 Å². The number of hydrogen-bond acceptors (Lipinski definition) is 3. The second-order valence-electron chi connectivity index (χ2n) is 7.26. The molecule has 0 atom stereocenters. The molecule has 1 aliphatic rings. The largest absolute Gasteiger partial charge is 0.444 e. The third kappa shape index (κ3) is 6.22. The summed E-state index contributed by atoms with van der Waals surface area (Å²) in [6.45, 7) is 12.7. The molecule has 0 aromatic carbocycles. The van der Waals surface area contributed by atoms with Crippen LogP contribution in [-0.4, -0.2) is 41.4 Å². The van der Waals surface area contributed by atoms with Gasteiger partial charge in [0, 0.05) is 25.1 Å². The van der Waals surface area contributed by atoms with Gasteiger partial charge in [0.15, 0.2) is 0 Å². The van der Waals surface area contributed by atoms with Gasteiger partial charge >= 0.3 is 6.09 Å². The molecule has 4 nitrogen and oxygen atoms in total. The number of aliphatic hydroxyl groups excluding tert-OH is 1. The van der Waals surface area contributed by atoms with Crippen LogP contribution in [-0.2, 0) is 4.74 Å². The van der Waals surface area contributed by atoms with Crippen LogP contribution in [0.5, 0.6) is 0 Å². The summed E-state index contributed by atoms with van der Waals surface area (Å²) in [4.78, 5) is 13.9. The van der Waals surface area contributed by atoms with E-state index in [-0.39, 0.29) is 18.1 Å². The predicted octanol–water partition coefficient (Wildman–Crippen LogP) is 4.07. The van der Waals surface area contributed by atoms with Crippen LogP contribution < -0.4 is 0 Å². The molecule has 1 fully saturated rings. The topological polar surface area (TPSA) is 49.8 Å². The fourth-order valence-corrected chi connectivity index (χ4v) is 2.76.